The number of hydrogen-bond donors (Lipinski definition) is 0. The Morgan fingerprint density at radius 3 is 2.18 bits per heavy atom. The summed E-state index contributed by atoms with van der Waals surface area (Å²) in [6, 6.07) is 8.27. The molecule has 8 heteroatoms. The molecular formula is C43H72O6Si2. The number of rotatable bonds is 14. The van der Waals surface area contributed by atoms with Gasteiger partial charge in [-0.15, -0.1) is 0 Å². The molecule has 0 amide bonds. The summed E-state index contributed by atoms with van der Waals surface area (Å²) in [5.41, 5.74) is 2.01. The molecule has 1 aliphatic heterocycles. The molecule has 1 aromatic carbocycles. The third-order valence-corrected chi connectivity index (χ3v) is 21.8. The zero-order chi connectivity index (χ0) is 38.0. The van der Waals surface area contributed by atoms with E-state index < -0.39 is 22.2 Å². The van der Waals surface area contributed by atoms with E-state index in [0.29, 0.717) is 24.9 Å². The summed E-state index contributed by atoms with van der Waals surface area (Å²) in [5.74, 6) is 1.76. The summed E-state index contributed by atoms with van der Waals surface area (Å²) in [7, 11) is -4.03. The smallest absolute Gasteiger partial charge is 0.308 e. The minimum Gasteiger partial charge on any atom is -0.485 e. The fraction of sp³-hybridized carbons (Fsp3) is 0.744. The van der Waals surface area contributed by atoms with E-state index in [4.69, 9.17) is 23.1 Å². The van der Waals surface area contributed by atoms with Gasteiger partial charge in [0.25, 0.3) is 0 Å². The maximum absolute atomic E-state index is 12.9. The molecule has 1 heterocycles. The van der Waals surface area contributed by atoms with Gasteiger partial charge >= 0.3 is 5.97 Å². The fourth-order valence-corrected chi connectivity index (χ4v) is 10.3. The molecule has 5 unspecified atom stereocenters. The first-order valence-electron chi connectivity index (χ1n) is 19.9. The third-order valence-electron chi connectivity index (χ3n) is 12.7. The van der Waals surface area contributed by atoms with Crippen LogP contribution >= 0.6 is 0 Å². The van der Waals surface area contributed by atoms with Crippen LogP contribution in [0.15, 0.2) is 48.1 Å². The van der Waals surface area contributed by atoms with Gasteiger partial charge in [-0.25, -0.2) is 0 Å². The van der Waals surface area contributed by atoms with Crippen LogP contribution in [0, 0.1) is 24.7 Å². The number of allylic oxidation sites excluding steroid dienone is 2. The number of carbonyl (C=O) groups excluding carboxylic acids is 1. The van der Waals surface area contributed by atoms with Crippen molar-refractivity contribution >= 4 is 22.6 Å². The standard InChI is InChI=1S/C43H72O6Si2/c1-15-24-43(10,47-37-19-17-16-18-31(37)3)29-45-38-27-34(48-50(11,12)41(4,5)6)25-32-21-20-30(2)36(40(32)38)23-22-33-26-35(28-39(44)46-33)49-51(13,14)42(7,8)9/h16-21,25,30,33-36,38,40H,15,22-24,26-29H2,1-14H3/t30?,33-,34?,35-,36?,38?,40?,43+/m1/s1. The number of aryl methyl sites for hydroxylation is 1. The number of benzene rings is 1. The van der Waals surface area contributed by atoms with E-state index in [9.17, 15) is 4.79 Å². The van der Waals surface area contributed by atoms with Crippen molar-refractivity contribution in [3.8, 4) is 5.75 Å². The van der Waals surface area contributed by atoms with Gasteiger partial charge in [0.2, 0.25) is 0 Å². The van der Waals surface area contributed by atoms with Gasteiger partial charge in [0.1, 0.15) is 17.5 Å². The van der Waals surface area contributed by atoms with E-state index >= 15 is 0 Å². The van der Waals surface area contributed by atoms with Crippen molar-refractivity contribution in [1.82, 2.24) is 0 Å². The Morgan fingerprint density at radius 2 is 1.55 bits per heavy atom. The second kappa shape index (κ2) is 16.3. The van der Waals surface area contributed by atoms with Gasteiger partial charge in [0.05, 0.1) is 31.3 Å². The molecule has 1 fully saturated rings. The maximum atomic E-state index is 12.9. The average Bonchev–Trinajstić information content (AvgIpc) is 2.99. The van der Waals surface area contributed by atoms with E-state index in [1.807, 2.05) is 6.07 Å². The normalized spacial score (nSPS) is 28.8. The lowest BCUT2D eigenvalue weighted by atomic mass is 9.66. The highest BCUT2D eigenvalue weighted by Crippen LogP contribution is 2.47. The van der Waals surface area contributed by atoms with Crippen LogP contribution in [0.5, 0.6) is 5.75 Å². The molecule has 4 rings (SSSR count). The zero-order valence-electron chi connectivity index (χ0n) is 34.7. The highest BCUT2D eigenvalue weighted by atomic mass is 28.4. The molecule has 0 spiro atoms. The molecule has 0 saturated carbocycles. The van der Waals surface area contributed by atoms with Crippen molar-refractivity contribution in [3.05, 3.63) is 53.6 Å². The minimum absolute atomic E-state index is 0.00288. The Morgan fingerprint density at radius 1 is 0.902 bits per heavy atom. The number of esters is 1. The van der Waals surface area contributed by atoms with Crippen LogP contribution in [0.25, 0.3) is 0 Å². The molecule has 2 aliphatic carbocycles. The molecular weight excluding hydrogens is 669 g/mol. The van der Waals surface area contributed by atoms with Crippen LogP contribution in [0.2, 0.25) is 36.3 Å². The number of hydrogen-bond acceptors (Lipinski definition) is 6. The number of ether oxygens (including phenoxy) is 3. The van der Waals surface area contributed by atoms with Gasteiger partial charge in [-0.1, -0.05) is 98.2 Å². The highest BCUT2D eigenvalue weighted by molar-refractivity contribution is 6.74. The average molecular weight is 741 g/mol. The fourth-order valence-electron chi connectivity index (χ4n) is 7.64. The molecule has 3 aliphatic rings. The maximum Gasteiger partial charge on any atom is 0.308 e. The summed E-state index contributed by atoms with van der Waals surface area (Å²) in [6.07, 6.45) is 12.5. The molecule has 1 saturated heterocycles. The topological polar surface area (TPSA) is 63.2 Å². The Labute approximate surface area is 313 Å². The molecule has 8 atom stereocenters. The van der Waals surface area contributed by atoms with Crippen molar-refractivity contribution in [2.75, 3.05) is 6.61 Å². The summed E-state index contributed by atoms with van der Waals surface area (Å²) >= 11 is 0. The van der Waals surface area contributed by atoms with Crippen molar-refractivity contribution in [2.24, 2.45) is 17.8 Å². The van der Waals surface area contributed by atoms with Gasteiger partial charge in [-0.05, 0) is 98.4 Å². The van der Waals surface area contributed by atoms with E-state index in [0.717, 1.165) is 49.8 Å². The number of para-hydroxylation sites is 1. The Bertz CT molecular complexity index is 1390. The second-order valence-electron chi connectivity index (χ2n) is 19.3. The summed E-state index contributed by atoms with van der Waals surface area (Å²) in [6.45, 7) is 32.3. The molecule has 1 aromatic rings. The Balaban J connectivity index is 1.58. The molecule has 0 bridgehead atoms. The molecule has 288 valence electrons. The summed E-state index contributed by atoms with van der Waals surface area (Å²) in [5, 5.41) is 0.208. The first-order chi connectivity index (χ1) is 23.5. The van der Waals surface area contributed by atoms with Gasteiger partial charge in [-0.3, -0.25) is 4.79 Å². The first kappa shape index (κ1) is 42.0. The van der Waals surface area contributed by atoms with E-state index in [2.05, 4.69) is 132 Å². The van der Waals surface area contributed by atoms with E-state index in [1.165, 1.54) is 5.57 Å². The van der Waals surface area contributed by atoms with Crippen LogP contribution in [0.3, 0.4) is 0 Å². The monoisotopic (exact) mass is 740 g/mol. The predicted octanol–water partition coefficient (Wildman–Crippen LogP) is 11.4. The molecule has 0 radical (unpaired) electrons. The number of fused-ring (bicyclic) bond motifs is 1. The zero-order valence-corrected chi connectivity index (χ0v) is 36.7. The summed E-state index contributed by atoms with van der Waals surface area (Å²) < 4.78 is 33.7. The number of cyclic esters (lactones) is 1. The minimum atomic E-state index is -2.03. The quantitative estimate of drug-likeness (QED) is 0.140. The van der Waals surface area contributed by atoms with E-state index in [-0.39, 0.29) is 46.4 Å². The second-order valence-corrected chi connectivity index (χ2v) is 28.8. The first-order valence-corrected chi connectivity index (χ1v) is 25.7. The number of carbonyl (C=O) groups is 1. The lowest BCUT2D eigenvalue weighted by Crippen LogP contribution is -2.49. The molecule has 0 N–H and O–H groups in total. The van der Waals surface area contributed by atoms with Crippen LogP contribution in [-0.2, 0) is 23.1 Å². The molecule has 0 aromatic heterocycles. The van der Waals surface area contributed by atoms with E-state index in [1.54, 1.807) is 0 Å². The Hall–Kier alpha value is -1.72. The largest absolute Gasteiger partial charge is 0.485 e. The highest BCUT2D eigenvalue weighted by Gasteiger charge is 2.46. The Kier molecular flexibility index (Phi) is 13.5. The van der Waals surface area contributed by atoms with Gasteiger partial charge < -0.3 is 23.1 Å². The molecule has 6 nitrogen and oxygen atoms in total. The van der Waals surface area contributed by atoms with Gasteiger partial charge in [-0.2, -0.15) is 0 Å². The van der Waals surface area contributed by atoms with Crippen LogP contribution in [-0.4, -0.2) is 59.2 Å². The van der Waals surface area contributed by atoms with Crippen molar-refractivity contribution in [3.63, 3.8) is 0 Å². The predicted molar refractivity (Wildman–Crippen MR) is 215 cm³/mol. The third kappa shape index (κ3) is 10.7. The van der Waals surface area contributed by atoms with Gasteiger partial charge in [0.15, 0.2) is 16.6 Å². The van der Waals surface area contributed by atoms with Crippen LogP contribution in [0.4, 0.5) is 0 Å². The molecule has 51 heavy (non-hydrogen) atoms. The SMILES string of the molecule is CCC[C@@](C)(COC1CC(O[Si](C)(C)C(C)(C)C)C=C2C=CC(C)C(CC[C@@H]3C[C@@H](O[Si](C)(C)C(C)(C)C)CC(=O)O3)C21)Oc1ccccc1C. The summed E-state index contributed by atoms with van der Waals surface area (Å²) in [4.78, 5) is 12.9. The van der Waals surface area contributed by atoms with Gasteiger partial charge in [0, 0.05) is 18.8 Å². The van der Waals surface area contributed by atoms with Crippen molar-refractivity contribution < 1.29 is 27.9 Å². The lowest BCUT2D eigenvalue weighted by molar-refractivity contribution is -0.160. The van der Waals surface area contributed by atoms with Crippen LogP contribution < -0.4 is 4.74 Å². The van der Waals surface area contributed by atoms with Crippen LogP contribution in [0.1, 0.15) is 113 Å². The van der Waals surface area contributed by atoms with Crippen molar-refractivity contribution in [2.45, 2.75) is 180 Å². The van der Waals surface area contributed by atoms with Crippen molar-refractivity contribution in [1.29, 1.82) is 0 Å². The lowest BCUT2D eigenvalue weighted by Gasteiger charge is -2.47.